The number of carbonyl (C=O) groups is 2. The number of hydrogen-bond donors (Lipinski definition) is 2. The van der Waals surface area contributed by atoms with Gasteiger partial charge in [-0.1, -0.05) is 24.3 Å². The van der Waals surface area contributed by atoms with Crippen LogP contribution in [-0.2, 0) is 9.59 Å². The molecule has 2 aliphatic rings. The summed E-state index contributed by atoms with van der Waals surface area (Å²) >= 11 is 0. The van der Waals surface area contributed by atoms with E-state index in [1.807, 2.05) is 55.6 Å². The zero-order valence-electron chi connectivity index (χ0n) is 14.4. The number of rotatable bonds is 5. The van der Waals surface area contributed by atoms with Gasteiger partial charge < -0.3 is 10.4 Å². The second kappa shape index (κ2) is 6.44. The van der Waals surface area contributed by atoms with Gasteiger partial charge in [-0.25, -0.2) is 4.68 Å². The van der Waals surface area contributed by atoms with Crippen LogP contribution in [0.3, 0.4) is 0 Å². The van der Waals surface area contributed by atoms with Crippen LogP contribution in [0.4, 0.5) is 0 Å². The monoisotopic (exact) mass is 351 g/mol. The van der Waals surface area contributed by atoms with Crippen molar-refractivity contribution < 1.29 is 14.7 Å². The van der Waals surface area contributed by atoms with Crippen LogP contribution in [0.25, 0.3) is 5.69 Å². The maximum Gasteiger partial charge on any atom is 0.307 e. The highest BCUT2D eigenvalue weighted by Crippen LogP contribution is 2.48. The Hall–Kier alpha value is -2.89. The molecule has 26 heavy (non-hydrogen) atoms. The summed E-state index contributed by atoms with van der Waals surface area (Å²) in [5.41, 5.74) is 1.87. The lowest BCUT2D eigenvalue weighted by Gasteiger charge is -2.26. The van der Waals surface area contributed by atoms with Crippen molar-refractivity contribution >= 4 is 11.9 Å². The molecule has 5 atom stereocenters. The van der Waals surface area contributed by atoms with E-state index in [9.17, 15) is 14.7 Å². The van der Waals surface area contributed by atoms with Crippen LogP contribution >= 0.6 is 0 Å². The topological polar surface area (TPSA) is 84.2 Å². The van der Waals surface area contributed by atoms with Gasteiger partial charge in [-0.3, -0.25) is 9.59 Å². The van der Waals surface area contributed by atoms with Crippen LogP contribution in [0.1, 0.15) is 24.9 Å². The molecule has 1 aromatic heterocycles. The Labute approximate surface area is 151 Å². The van der Waals surface area contributed by atoms with Crippen molar-refractivity contribution in [3.05, 3.63) is 60.4 Å². The second-order valence-corrected chi connectivity index (χ2v) is 7.11. The third-order valence-electron chi connectivity index (χ3n) is 5.55. The summed E-state index contributed by atoms with van der Waals surface area (Å²) in [6.45, 7) is 1.92. The minimum atomic E-state index is -0.879. The van der Waals surface area contributed by atoms with Gasteiger partial charge in [0.1, 0.15) is 0 Å². The summed E-state index contributed by atoms with van der Waals surface area (Å²) in [5.74, 6) is -2.15. The van der Waals surface area contributed by atoms with Gasteiger partial charge in [-0.2, -0.15) is 5.10 Å². The van der Waals surface area contributed by atoms with Crippen molar-refractivity contribution in [3.8, 4) is 5.69 Å². The van der Waals surface area contributed by atoms with Gasteiger partial charge in [0, 0.05) is 12.4 Å². The number of nitrogens with zero attached hydrogens (tertiary/aromatic N) is 2. The Balaban J connectivity index is 1.51. The summed E-state index contributed by atoms with van der Waals surface area (Å²) in [6.07, 6.45) is 8.29. The van der Waals surface area contributed by atoms with E-state index in [2.05, 4.69) is 10.4 Å². The van der Waals surface area contributed by atoms with E-state index >= 15 is 0 Å². The van der Waals surface area contributed by atoms with Crippen LogP contribution in [0.5, 0.6) is 0 Å². The molecule has 2 aliphatic carbocycles. The predicted octanol–water partition coefficient (Wildman–Crippen LogP) is 2.57. The number of nitrogens with one attached hydrogen (secondary N) is 1. The molecule has 2 aromatic rings. The average molecular weight is 351 g/mol. The van der Waals surface area contributed by atoms with E-state index in [1.54, 1.807) is 10.9 Å². The molecule has 2 N–H and O–H groups in total. The molecule has 1 heterocycles. The van der Waals surface area contributed by atoms with E-state index < -0.39 is 17.8 Å². The lowest BCUT2D eigenvalue weighted by atomic mass is 9.82. The fourth-order valence-corrected chi connectivity index (χ4v) is 4.27. The third-order valence-corrected chi connectivity index (χ3v) is 5.55. The standard InChI is InChI=1S/C20H21N3O3/c1-12(13-4-2-5-16(11-13)23-9-3-8-21-23)22-19(24)17-14-6-7-15(10-14)18(17)20(25)26/h2-9,11-12,14-15,17-18H,10H2,1H3,(H,22,24)(H,25,26). The molecule has 0 aliphatic heterocycles. The smallest absolute Gasteiger partial charge is 0.307 e. The summed E-state index contributed by atoms with van der Waals surface area (Å²) in [7, 11) is 0. The number of carboxylic acids is 1. The summed E-state index contributed by atoms with van der Waals surface area (Å²) in [5, 5.41) is 16.8. The molecular weight excluding hydrogens is 330 g/mol. The maximum absolute atomic E-state index is 12.8. The van der Waals surface area contributed by atoms with Crippen LogP contribution in [0.15, 0.2) is 54.9 Å². The molecular formula is C20H21N3O3. The number of hydrogen-bond acceptors (Lipinski definition) is 3. The van der Waals surface area contributed by atoms with Crippen molar-refractivity contribution in [2.75, 3.05) is 0 Å². The molecule has 1 fully saturated rings. The zero-order valence-corrected chi connectivity index (χ0v) is 14.4. The SMILES string of the molecule is CC(NC(=O)C1C2C=CC(C2)C1C(=O)O)c1cccc(-n2cccn2)c1. The number of allylic oxidation sites excluding steroid dienone is 2. The number of aromatic nitrogens is 2. The third kappa shape index (κ3) is 2.81. The fraction of sp³-hybridized carbons (Fsp3) is 0.350. The first kappa shape index (κ1) is 16.6. The summed E-state index contributed by atoms with van der Waals surface area (Å²) in [4.78, 5) is 24.4. The second-order valence-electron chi connectivity index (χ2n) is 7.11. The number of carbonyl (C=O) groups excluding carboxylic acids is 1. The first-order valence-electron chi connectivity index (χ1n) is 8.86. The Bertz CT molecular complexity index is 859. The molecule has 1 saturated carbocycles. The molecule has 0 saturated heterocycles. The fourth-order valence-electron chi connectivity index (χ4n) is 4.27. The number of fused-ring (bicyclic) bond motifs is 2. The highest BCUT2D eigenvalue weighted by Gasteiger charge is 2.51. The molecule has 6 heteroatoms. The molecule has 4 rings (SSSR count). The van der Waals surface area contributed by atoms with Gasteiger partial charge in [0.25, 0.3) is 0 Å². The largest absolute Gasteiger partial charge is 0.481 e. The Morgan fingerprint density at radius 1 is 1.23 bits per heavy atom. The van der Waals surface area contributed by atoms with E-state index in [1.165, 1.54) is 0 Å². The van der Waals surface area contributed by atoms with Gasteiger partial charge in [0.05, 0.1) is 23.6 Å². The highest BCUT2D eigenvalue weighted by molar-refractivity contribution is 5.87. The van der Waals surface area contributed by atoms with Gasteiger partial charge in [0.2, 0.25) is 5.91 Å². The first-order chi connectivity index (χ1) is 12.5. The average Bonchev–Trinajstić information content (AvgIpc) is 3.37. The predicted molar refractivity (Wildman–Crippen MR) is 95.5 cm³/mol. The highest BCUT2D eigenvalue weighted by atomic mass is 16.4. The van der Waals surface area contributed by atoms with E-state index in [4.69, 9.17) is 0 Å². The van der Waals surface area contributed by atoms with Crippen molar-refractivity contribution in [1.82, 2.24) is 15.1 Å². The lowest BCUT2D eigenvalue weighted by molar-refractivity contribution is -0.148. The van der Waals surface area contributed by atoms with Crippen molar-refractivity contribution in [1.29, 1.82) is 0 Å². The number of aliphatic carboxylic acids is 1. The van der Waals surface area contributed by atoms with E-state index in [-0.39, 0.29) is 23.8 Å². The van der Waals surface area contributed by atoms with Gasteiger partial charge >= 0.3 is 5.97 Å². The van der Waals surface area contributed by atoms with Gasteiger partial charge in [0.15, 0.2) is 0 Å². The first-order valence-corrected chi connectivity index (χ1v) is 8.86. The number of carboxylic acid groups (broad SMARTS) is 1. The van der Waals surface area contributed by atoms with Crippen molar-refractivity contribution in [2.45, 2.75) is 19.4 Å². The quantitative estimate of drug-likeness (QED) is 0.811. The minimum absolute atomic E-state index is 0.0216. The van der Waals surface area contributed by atoms with Crippen LogP contribution in [0.2, 0.25) is 0 Å². The molecule has 1 amide bonds. The molecule has 6 nitrogen and oxygen atoms in total. The summed E-state index contributed by atoms with van der Waals surface area (Å²) < 4.78 is 1.76. The van der Waals surface area contributed by atoms with Gasteiger partial charge in [-0.05, 0) is 48.9 Å². The zero-order chi connectivity index (χ0) is 18.3. The van der Waals surface area contributed by atoms with E-state index in [0.29, 0.717) is 0 Å². The van der Waals surface area contributed by atoms with Crippen molar-refractivity contribution in [2.24, 2.45) is 23.7 Å². The van der Waals surface area contributed by atoms with Crippen LogP contribution in [-0.4, -0.2) is 26.8 Å². The minimum Gasteiger partial charge on any atom is -0.481 e. The normalized spacial score (nSPS) is 27.4. The molecule has 2 bridgehead atoms. The lowest BCUT2D eigenvalue weighted by Crippen LogP contribution is -2.41. The molecule has 5 unspecified atom stereocenters. The van der Waals surface area contributed by atoms with Crippen LogP contribution < -0.4 is 5.32 Å². The molecule has 0 radical (unpaired) electrons. The Morgan fingerprint density at radius 3 is 2.69 bits per heavy atom. The van der Waals surface area contributed by atoms with Crippen molar-refractivity contribution in [3.63, 3.8) is 0 Å². The van der Waals surface area contributed by atoms with Gasteiger partial charge in [-0.15, -0.1) is 0 Å². The number of amides is 1. The van der Waals surface area contributed by atoms with Crippen LogP contribution in [0, 0.1) is 23.7 Å². The summed E-state index contributed by atoms with van der Waals surface area (Å²) in [6, 6.07) is 9.45. The molecule has 134 valence electrons. The maximum atomic E-state index is 12.8. The number of benzene rings is 1. The molecule has 1 aromatic carbocycles. The molecule has 0 spiro atoms. The van der Waals surface area contributed by atoms with E-state index in [0.717, 1.165) is 17.7 Å². The Kier molecular flexibility index (Phi) is 4.11. The Morgan fingerprint density at radius 2 is 2.00 bits per heavy atom.